The normalized spacial score (nSPS) is 27.5. The van der Waals surface area contributed by atoms with Crippen LogP contribution < -0.4 is 11.4 Å². The molecule has 1 fully saturated rings. The molecule has 76 valence electrons. The van der Waals surface area contributed by atoms with E-state index in [4.69, 9.17) is 5.73 Å². The molecule has 2 rings (SSSR count). The Balaban J connectivity index is 2.16. The third-order valence-corrected chi connectivity index (χ3v) is 2.87. The molecule has 0 aliphatic heterocycles. The minimum absolute atomic E-state index is 0.145. The summed E-state index contributed by atoms with van der Waals surface area (Å²) in [5.41, 5.74) is 5.66. The van der Waals surface area contributed by atoms with Crippen molar-refractivity contribution in [1.82, 2.24) is 9.55 Å². The molecule has 4 heteroatoms. The van der Waals surface area contributed by atoms with E-state index in [9.17, 15) is 4.79 Å². The quantitative estimate of drug-likeness (QED) is 0.713. The Morgan fingerprint density at radius 3 is 2.71 bits per heavy atom. The minimum atomic E-state index is -0.145. The standard InChI is InChI=1S/C10H15N3O/c11-8-2-4-9(5-3-8)13-7-1-6-12-10(13)14/h1,6-9H,2-5,11H2. The van der Waals surface area contributed by atoms with Crippen LogP contribution in [0.3, 0.4) is 0 Å². The van der Waals surface area contributed by atoms with Crippen molar-refractivity contribution in [1.29, 1.82) is 0 Å². The van der Waals surface area contributed by atoms with Gasteiger partial charge in [-0.1, -0.05) is 0 Å². The van der Waals surface area contributed by atoms with Crippen LogP contribution in [0.2, 0.25) is 0 Å². The van der Waals surface area contributed by atoms with Crippen molar-refractivity contribution in [3.63, 3.8) is 0 Å². The Hall–Kier alpha value is -1.16. The summed E-state index contributed by atoms with van der Waals surface area (Å²) in [5, 5.41) is 0. The molecule has 1 heterocycles. The lowest BCUT2D eigenvalue weighted by atomic mass is 9.92. The lowest BCUT2D eigenvalue weighted by Gasteiger charge is -2.27. The molecule has 0 bridgehead atoms. The Bertz CT molecular complexity index is 352. The smallest absolute Gasteiger partial charge is 0.328 e. The van der Waals surface area contributed by atoms with Crippen molar-refractivity contribution in [2.45, 2.75) is 37.8 Å². The van der Waals surface area contributed by atoms with Crippen LogP contribution in [-0.2, 0) is 0 Å². The fourth-order valence-electron chi connectivity index (χ4n) is 2.03. The molecule has 0 aromatic carbocycles. The maximum atomic E-state index is 11.4. The van der Waals surface area contributed by atoms with Gasteiger partial charge >= 0.3 is 5.69 Å². The molecule has 1 aromatic rings. The van der Waals surface area contributed by atoms with Gasteiger partial charge in [-0.15, -0.1) is 0 Å². The van der Waals surface area contributed by atoms with Gasteiger partial charge in [0.2, 0.25) is 0 Å². The van der Waals surface area contributed by atoms with E-state index in [1.807, 2.05) is 6.20 Å². The third kappa shape index (κ3) is 1.85. The second-order valence-electron chi connectivity index (χ2n) is 3.88. The molecule has 0 amide bonds. The Labute approximate surface area is 82.8 Å². The van der Waals surface area contributed by atoms with E-state index in [0.717, 1.165) is 25.7 Å². The van der Waals surface area contributed by atoms with Gasteiger partial charge in [0.15, 0.2) is 0 Å². The van der Waals surface area contributed by atoms with Crippen LogP contribution in [0.1, 0.15) is 31.7 Å². The van der Waals surface area contributed by atoms with Crippen LogP contribution in [0.5, 0.6) is 0 Å². The van der Waals surface area contributed by atoms with Crippen molar-refractivity contribution < 1.29 is 0 Å². The maximum Gasteiger partial charge on any atom is 0.347 e. The zero-order valence-electron chi connectivity index (χ0n) is 8.10. The molecular weight excluding hydrogens is 178 g/mol. The number of rotatable bonds is 1. The average molecular weight is 193 g/mol. The van der Waals surface area contributed by atoms with Gasteiger partial charge < -0.3 is 5.73 Å². The van der Waals surface area contributed by atoms with Crippen molar-refractivity contribution in [3.05, 3.63) is 28.9 Å². The lowest BCUT2D eigenvalue weighted by molar-refractivity contribution is 0.315. The highest BCUT2D eigenvalue weighted by Crippen LogP contribution is 2.25. The number of nitrogens with two attached hydrogens (primary N) is 1. The fourth-order valence-corrected chi connectivity index (χ4v) is 2.03. The number of hydrogen-bond donors (Lipinski definition) is 1. The summed E-state index contributed by atoms with van der Waals surface area (Å²) < 4.78 is 1.73. The molecule has 0 unspecified atom stereocenters. The van der Waals surface area contributed by atoms with E-state index in [1.54, 1.807) is 10.6 Å². The van der Waals surface area contributed by atoms with Crippen LogP contribution in [0, 0.1) is 0 Å². The first-order valence-corrected chi connectivity index (χ1v) is 5.06. The van der Waals surface area contributed by atoms with Gasteiger partial charge in [0.1, 0.15) is 0 Å². The van der Waals surface area contributed by atoms with E-state index >= 15 is 0 Å². The molecular formula is C10H15N3O. The van der Waals surface area contributed by atoms with E-state index < -0.39 is 0 Å². The topological polar surface area (TPSA) is 60.9 Å². The SMILES string of the molecule is NC1CCC(n2cccnc2=O)CC1. The predicted octanol–water partition coefficient (Wildman–Crippen LogP) is 0.686. The van der Waals surface area contributed by atoms with Crippen LogP contribution in [0.15, 0.2) is 23.3 Å². The summed E-state index contributed by atoms with van der Waals surface area (Å²) >= 11 is 0. The first-order valence-electron chi connectivity index (χ1n) is 5.06. The van der Waals surface area contributed by atoms with E-state index in [0.29, 0.717) is 12.1 Å². The molecule has 0 spiro atoms. The van der Waals surface area contributed by atoms with Gasteiger partial charge in [-0.2, -0.15) is 0 Å². The molecule has 0 radical (unpaired) electrons. The van der Waals surface area contributed by atoms with Crippen molar-refractivity contribution in [2.24, 2.45) is 5.73 Å². The lowest BCUT2D eigenvalue weighted by Crippen LogP contribution is -2.32. The largest absolute Gasteiger partial charge is 0.347 e. The highest BCUT2D eigenvalue weighted by Gasteiger charge is 2.20. The van der Waals surface area contributed by atoms with Crippen LogP contribution >= 0.6 is 0 Å². The van der Waals surface area contributed by atoms with Crippen LogP contribution in [-0.4, -0.2) is 15.6 Å². The van der Waals surface area contributed by atoms with E-state index in [2.05, 4.69) is 4.98 Å². The van der Waals surface area contributed by atoms with Crippen molar-refractivity contribution in [2.75, 3.05) is 0 Å². The monoisotopic (exact) mass is 193 g/mol. The second kappa shape index (κ2) is 3.92. The summed E-state index contributed by atoms with van der Waals surface area (Å²) in [6, 6.07) is 2.42. The first-order chi connectivity index (χ1) is 6.77. The molecule has 0 atom stereocenters. The van der Waals surface area contributed by atoms with Gasteiger partial charge in [-0.25, -0.2) is 9.78 Å². The molecule has 0 saturated heterocycles. The third-order valence-electron chi connectivity index (χ3n) is 2.87. The molecule has 14 heavy (non-hydrogen) atoms. The second-order valence-corrected chi connectivity index (χ2v) is 3.88. The molecule has 4 nitrogen and oxygen atoms in total. The maximum absolute atomic E-state index is 11.4. The number of nitrogens with zero attached hydrogens (tertiary/aromatic N) is 2. The number of hydrogen-bond acceptors (Lipinski definition) is 3. The minimum Gasteiger partial charge on any atom is -0.328 e. The zero-order valence-corrected chi connectivity index (χ0v) is 8.10. The van der Waals surface area contributed by atoms with Gasteiger partial charge in [0.05, 0.1) is 0 Å². The van der Waals surface area contributed by atoms with E-state index in [1.165, 1.54) is 6.20 Å². The molecule has 1 aliphatic carbocycles. The van der Waals surface area contributed by atoms with Crippen LogP contribution in [0.4, 0.5) is 0 Å². The zero-order chi connectivity index (χ0) is 9.97. The number of aromatic nitrogens is 2. The molecule has 1 saturated carbocycles. The molecule has 1 aromatic heterocycles. The molecule has 2 N–H and O–H groups in total. The molecule has 1 aliphatic rings. The van der Waals surface area contributed by atoms with Gasteiger partial charge in [-0.05, 0) is 31.7 Å². The Morgan fingerprint density at radius 1 is 1.36 bits per heavy atom. The van der Waals surface area contributed by atoms with Crippen molar-refractivity contribution >= 4 is 0 Å². The highest BCUT2D eigenvalue weighted by molar-refractivity contribution is 4.87. The Kier molecular flexibility index (Phi) is 2.63. The van der Waals surface area contributed by atoms with E-state index in [-0.39, 0.29) is 5.69 Å². The first kappa shape index (κ1) is 9.40. The van der Waals surface area contributed by atoms with Gasteiger partial charge in [0, 0.05) is 24.5 Å². The van der Waals surface area contributed by atoms with Gasteiger partial charge in [-0.3, -0.25) is 4.57 Å². The highest BCUT2D eigenvalue weighted by atomic mass is 16.1. The van der Waals surface area contributed by atoms with Gasteiger partial charge in [0.25, 0.3) is 0 Å². The summed E-state index contributed by atoms with van der Waals surface area (Å²) in [6.45, 7) is 0. The fraction of sp³-hybridized carbons (Fsp3) is 0.600. The summed E-state index contributed by atoms with van der Waals surface area (Å²) in [4.78, 5) is 15.2. The summed E-state index contributed by atoms with van der Waals surface area (Å²) in [5.74, 6) is 0. The Morgan fingerprint density at radius 2 is 2.07 bits per heavy atom. The summed E-state index contributed by atoms with van der Waals surface area (Å²) in [6.07, 6.45) is 7.35. The van der Waals surface area contributed by atoms with Crippen LogP contribution in [0.25, 0.3) is 0 Å². The predicted molar refractivity (Wildman–Crippen MR) is 54.0 cm³/mol. The summed E-state index contributed by atoms with van der Waals surface area (Å²) in [7, 11) is 0. The van der Waals surface area contributed by atoms with Crippen molar-refractivity contribution in [3.8, 4) is 0 Å². The average Bonchev–Trinajstić information content (AvgIpc) is 2.20.